The number of fused-ring (bicyclic) bond motifs is 1. The maximum absolute atomic E-state index is 8.39. The summed E-state index contributed by atoms with van der Waals surface area (Å²) in [5.74, 6) is 0. The molecule has 0 amide bonds. The number of allylic oxidation sites excluding steroid dienone is 1. The molecule has 0 saturated heterocycles. The largest absolute Gasteiger partial charge is 0.235 e. The standard InChI is InChI=1S/C10H7ClN4/c11-9-4-5-10-13-7-8(15(10)14-9)3-1-2-6-12/h1,3-5,7H,2H2. The van der Waals surface area contributed by atoms with Crippen molar-refractivity contribution in [3.05, 3.63) is 35.3 Å². The van der Waals surface area contributed by atoms with Gasteiger partial charge < -0.3 is 0 Å². The quantitative estimate of drug-likeness (QED) is 0.777. The number of rotatable bonds is 2. The molecule has 2 rings (SSSR count). The molecule has 2 aromatic heterocycles. The molecule has 0 radical (unpaired) electrons. The van der Waals surface area contributed by atoms with Gasteiger partial charge in [0.1, 0.15) is 5.15 Å². The SMILES string of the molecule is N#CCC=Cc1cnc2ccc(Cl)nn12. The van der Waals surface area contributed by atoms with E-state index in [-0.39, 0.29) is 0 Å². The fourth-order valence-electron chi connectivity index (χ4n) is 1.21. The Hall–Kier alpha value is -1.86. The van der Waals surface area contributed by atoms with Crippen LogP contribution in [-0.2, 0) is 0 Å². The molecule has 0 bridgehead atoms. The minimum atomic E-state index is 0.369. The lowest BCUT2D eigenvalue weighted by atomic mass is 10.3. The van der Waals surface area contributed by atoms with E-state index in [4.69, 9.17) is 16.9 Å². The Morgan fingerprint density at radius 3 is 3.20 bits per heavy atom. The van der Waals surface area contributed by atoms with Crippen LogP contribution in [0.5, 0.6) is 0 Å². The second-order valence-electron chi connectivity index (χ2n) is 2.87. The van der Waals surface area contributed by atoms with E-state index in [1.54, 1.807) is 35.0 Å². The minimum Gasteiger partial charge on any atom is -0.235 e. The van der Waals surface area contributed by atoms with Crippen LogP contribution in [0.25, 0.3) is 11.7 Å². The minimum absolute atomic E-state index is 0.369. The first-order valence-electron chi connectivity index (χ1n) is 4.35. The van der Waals surface area contributed by atoms with Crippen LogP contribution in [0.2, 0.25) is 5.15 Å². The smallest absolute Gasteiger partial charge is 0.154 e. The van der Waals surface area contributed by atoms with Crippen LogP contribution in [-0.4, -0.2) is 14.6 Å². The second kappa shape index (κ2) is 4.11. The normalized spacial score (nSPS) is 10.9. The average molecular weight is 219 g/mol. The van der Waals surface area contributed by atoms with Gasteiger partial charge in [-0.3, -0.25) is 0 Å². The molecule has 0 fully saturated rings. The molecule has 0 aromatic carbocycles. The zero-order chi connectivity index (χ0) is 10.7. The lowest BCUT2D eigenvalue weighted by Gasteiger charge is -1.95. The lowest BCUT2D eigenvalue weighted by Crippen LogP contribution is -1.93. The summed E-state index contributed by atoms with van der Waals surface area (Å²) in [5, 5.41) is 12.9. The number of hydrogen-bond acceptors (Lipinski definition) is 3. The van der Waals surface area contributed by atoms with Gasteiger partial charge in [0.05, 0.1) is 24.4 Å². The number of halogens is 1. The van der Waals surface area contributed by atoms with Crippen molar-refractivity contribution in [1.29, 1.82) is 5.26 Å². The topological polar surface area (TPSA) is 54.0 Å². The van der Waals surface area contributed by atoms with Crippen molar-refractivity contribution in [2.24, 2.45) is 0 Å². The van der Waals surface area contributed by atoms with E-state index in [1.807, 2.05) is 6.07 Å². The Balaban J connectivity index is 2.44. The van der Waals surface area contributed by atoms with E-state index in [0.29, 0.717) is 11.6 Å². The Kier molecular flexibility index (Phi) is 2.66. The summed E-state index contributed by atoms with van der Waals surface area (Å²) < 4.78 is 1.64. The van der Waals surface area contributed by atoms with Crippen molar-refractivity contribution in [3.8, 4) is 6.07 Å². The van der Waals surface area contributed by atoms with Gasteiger partial charge in [-0.1, -0.05) is 17.7 Å². The molecule has 74 valence electrons. The average Bonchev–Trinajstić information content (AvgIpc) is 2.62. The summed E-state index contributed by atoms with van der Waals surface area (Å²) in [6, 6.07) is 5.50. The van der Waals surface area contributed by atoms with Crippen LogP contribution in [0.4, 0.5) is 0 Å². The Labute approximate surface area is 91.4 Å². The number of aromatic nitrogens is 3. The molecule has 0 atom stereocenters. The maximum Gasteiger partial charge on any atom is 0.154 e. The monoisotopic (exact) mass is 218 g/mol. The molecular weight excluding hydrogens is 212 g/mol. The number of nitriles is 1. The predicted octanol–water partition coefficient (Wildman–Crippen LogP) is 2.31. The van der Waals surface area contributed by atoms with E-state index in [9.17, 15) is 0 Å². The lowest BCUT2D eigenvalue weighted by molar-refractivity contribution is 0.926. The van der Waals surface area contributed by atoms with Gasteiger partial charge in [0.25, 0.3) is 0 Å². The highest BCUT2D eigenvalue weighted by Gasteiger charge is 2.01. The molecule has 2 aromatic rings. The molecule has 0 unspecified atom stereocenters. The van der Waals surface area contributed by atoms with Crippen LogP contribution in [0, 0.1) is 11.3 Å². The molecular formula is C10H7ClN4. The Morgan fingerprint density at radius 2 is 2.40 bits per heavy atom. The van der Waals surface area contributed by atoms with Crippen LogP contribution in [0.15, 0.2) is 24.4 Å². The summed E-state index contributed by atoms with van der Waals surface area (Å²) in [7, 11) is 0. The van der Waals surface area contributed by atoms with Gasteiger partial charge in [0.15, 0.2) is 5.65 Å². The van der Waals surface area contributed by atoms with Crippen molar-refractivity contribution < 1.29 is 0 Å². The summed E-state index contributed by atoms with van der Waals surface area (Å²) >= 11 is 5.77. The van der Waals surface area contributed by atoms with Crippen LogP contribution in [0.1, 0.15) is 12.1 Å². The number of hydrogen-bond donors (Lipinski definition) is 0. The molecule has 4 nitrogen and oxygen atoms in total. The molecule has 0 N–H and O–H groups in total. The zero-order valence-electron chi connectivity index (χ0n) is 7.76. The van der Waals surface area contributed by atoms with E-state index in [1.165, 1.54) is 0 Å². The van der Waals surface area contributed by atoms with Gasteiger partial charge >= 0.3 is 0 Å². The van der Waals surface area contributed by atoms with Crippen molar-refractivity contribution in [2.45, 2.75) is 6.42 Å². The molecule has 0 saturated carbocycles. The molecule has 2 heterocycles. The Bertz CT molecular complexity index is 550. The first kappa shape index (κ1) is 9.69. The van der Waals surface area contributed by atoms with E-state index < -0.39 is 0 Å². The summed E-state index contributed by atoms with van der Waals surface area (Å²) in [6.07, 6.45) is 5.61. The van der Waals surface area contributed by atoms with Gasteiger partial charge in [-0.2, -0.15) is 10.4 Å². The third kappa shape index (κ3) is 1.97. The van der Waals surface area contributed by atoms with Crippen LogP contribution < -0.4 is 0 Å². The first-order chi connectivity index (χ1) is 7.31. The third-order valence-corrected chi connectivity index (χ3v) is 2.06. The molecule has 0 spiro atoms. The summed E-state index contributed by atoms with van der Waals surface area (Å²) in [6.45, 7) is 0. The molecule has 0 aliphatic rings. The highest BCUT2D eigenvalue weighted by atomic mass is 35.5. The molecule has 5 heteroatoms. The van der Waals surface area contributed by atoms with E-state index in [2.05, 4.69) is 10.1 Å². The van der Waals surface area contributed by atoms with E-state index in [0.717, 1.165) is 11.3 Å². The maximum atomic E-state index is 8.39. The van der Waals surface area contributed by atoms with Gasteiger partial charge in [-0.25, -0.2) is 9.50 Å². The zero-order valence-corrected chi connectivity index (χ0v) is 8.52. The molecule has 15 heavy (non-hydrogen) atoms. The van der Waals surface area contributed by atoms with Gasteiger partial charge in [-0.15, -0.1) is 0 Å². The van der Waals surface area contributed by atoms with Crippen molar-refractivity contribution in [2.75, 3.05) is 0 Å². The fraction of sp³-hybridized carbons (Fsp3) is 0.100. The van der Waals surface area contributed by atoms with Crippen molar-refractivity contribution in [3.63, 3.8) is 0 Å². The number of imidazole rings is 1. The second-order valence-corrected chi connectivity index (χ2v) is 3.26. The molecule has 0 aliphatic heterocycles. The van der Waals surface area contributed by atoms with Crippen molar-refractivity contribution >= 4 is 23.3 Å². The van der Waals surface area contributed by atoms with Gasteiger partial charge in [-0.05, 0) is 18.2 Å². The van der Waals surface area contributed by atoms with Crippen LogP contribution >= 0.6 is 11.6 Å². The summed E-state index contributed by atoms with van der Waals surface area (Å²) in [5.41, 5.74) is 1.54. The first-order valence-corrected chi connectivity index (χ1v) is 4.73. The highest BCUT2D eigenvalue weighted by molar-refractivity contribution is 6.29. The predicted molar refractivity (Wildman–Crippen MR) is 57.3 cm³/mol. The Morgan fingerprint density at radius 1 is 1.53 bits per heavy atom. The van der Waals surface area contributed by atoms with Gasteiger partial charge in [0.2, 0.25) is 0 Å². The molecule has 0 aliphatic carbocycles. The van der Waals surface area contributed by atoms with Crippen LogP contribution in [0.3, 0.4) is 0 Å². The summed E-state index contributed by atoms with van der Waals surface area (Å²) in [4.78, 5) is 4.15. The third-order valence-electron chi connectivity index (χ3n) is 1.85. The fourth-order valence-corrected chi connectivity index (χ4v) is 1.35. The number of nitrogens with zero attached hydrogens (tertiary/aromatic N) is 4. The highest BCUT2D eigenvalue weighted by Crippen LogP contribution is 2.10. The van der Waals surface area contributed by atoms with Gasteiger partial charge in [0, 0.05) is 0 Å². The van der Waals surface area contributed by atoms with Crippen molar-refractivity contribution in [1.82, 2.24) is 14.6 Å². The van der Waals surface area contributed by atoms with E-state index >= 15 is 0 Å².